The summed E-state index contributed by atoms with van der Waals surface area (Å²) in [4.78, 5) is 22.6. The van der Waals surface area contributed by atoms with Gasteiger partial charge in [-0.2, -0.15) is 0 Å². The average molecular weight is 239 g/mol. The standard InChI is InChI=1S/C11H7ClO4/c1-5-2-9(13)7-3-6(12)4-8(11(14)15)10(7)16-5/h2-4H,1H3,(H,14,15). The number of aryl methyl sites for hydroxylation is 1. The molecule has 0 aliphatic rings. The molecule has 0 radical (unpaired) electrons. The monoisotopic (exact) mass is 238 g/mol. The minimum atomic E-state index is -1.18. The van der Waals surface area contributed by atoms with Crippen molar-refractivity contribution in [3.63, 3.8) is 0 Å². The van der Waals surface area contributed by atoms with Crippen LogP contribution in [0.3, 0.4) is 0 Å². The summed E-state index contributed by atoms with van der Waals surface area (Å²) in [5.41, 5.74) is -0.353. The van der Waals surface area contributed by atoms with Crippen molar-refractivity contribution in [2.24, 2.45) is 0 Å². The molecule has 0 atom stereocenters. The molecule has 2 rings (SSSR count). The molecule has 16 heavy (non-hydrogen) atoms. The van der Waals surface area contributed by atoms with Crippen molar-refractivity contribution in [3.05, 3.63) is 44.8 Å². The summed E-state index contributed by atoms with van der Waals surface area (Å²) in [5, 5.41) is 9.34. The molecule has 0 unspecified atom stereocenters. The van der Waals surface area contributed by atoms with Gasteiger partial charge in [0.25, 0.3) is 0 Å². The first-order valence-corrected chi connectivity index (χ1v) is 4.84. The Morgan fingerprint density at radius 2 is 2.06 bits per heavy atom. The summed E-state index contributed by atoms with van der Waals surface area (Å²) in [5.74, 6) is -0.816. The number of halogens is 1. The Morgan fingerprint density at radius 3 is 2.69 bits per heavy atom. The Balaban J connectivity index is 3.01. The predicted octanol–water partition coefficient (Wildman–Crippen LogP) is 2.45. The minimum Gasteiger partial charge on any atom is -0.478 e. The third kappa shape index (κ3) is 1.67. The van der Waals surface area contributed by atoms with Gasteiger partial charge in [-0.1, -0.05) is 11.6 Å². The minimum absolute atomic E-state index is 0.0573. The Labute approximate surface area is 95.1 Å². The van der Waals surface area contributed by atoms with Crippen molar-refractivity contribution in [2.45, 2.75) is 6.92 Å². The van der Waals surface area contributed by atoms with Gasteiger partial charge in [-0.05, 0) is 19.1 Å². The van der Waals surface area contributed by atoms with E-state index in [1.165, 1.54) is 18.2 Å². The van der Waals surface area contributed by atoms with Crippen LogP contribution in [0, 0.1) is 6.92 Å². The van der Waals surface area contributed by atoms with Crippen LogP contribution in [0.25, 0.3) is 11.0 Å². The highest BCUT2D eigenvalue weighted by molar-refractivity contribution is 6.31. The summed E-state index contributed by atoms with van der Waals surface area (Å²) in [7, 11) is 0. The van der Waals surface area contributed by atoms with Crippen LogP contribution < -0.4 is 5.43 Å². The molecule has 0 saturated carbocycles. The quantitative estimate of drug-likeness (QED) is 0.829. The molecule has 1 heterocycles. The van der Waals surface area contributed by atoms with Crippen LogP contribution in [0.2, 0.25) is 5.02 Å². The SMILES string of the molecule is Cc1cc(=O)c2cc(Cl)cc(C(=O)O)c2o1. The van der Waals surface area contributed by atoms with Crippen molar-refractivity contribution in [2.75, 3.05) is 0 Å². The first-order chi connectivity index (χ1) is 7.49. The zero-order valence-electron chi connectivity index (χ0n) is 8.28. The number of hydrogen-bond donors (Lipinski definition) is 1. The summed E-state index contributed by atoms with van der Waals surface area (Å²) in [6, 6.07) is 3.95. The van der Waals surface area contributed by atoms with Gasteiger partial charge in [-0.25, -0.2) is 4.79 Å². The fourth-order valence-electron chi connectivity index (χ4n) is 1.50. The first kappa shape index (κ1) is 10.7. The van der Waals surface area contributed by atoms with Gasteiger partial charge in [0.2, 0.25) is 0 Å². The molecular weight excluding hydrogens is 232 g/mol. The van der Waals surface area contributed by atoms with Gasteiger partial charge >= 0.3 is 5.97 Å². The number of carboxylic acid groups (broad SMARTS) is 1. The number of benzene rings is 1. The maximum atomic E-state index is 11.6. The second-order valence-electron chi connectivity index (χ2n) is 3.36. The number of rotatable bonds is 1. The molecule has 0 aliphatic carbocycles. The molecule has 82 valence electrons. The maximum Gasteiger partial charge on any atom is 0.339 e. The van der Waals surface area contributed by atoms with Crippen LogP contribution in [0.4, 0.5) is 0 Å². The molecule has 0 bridgehead atoms. The van der Waals surface area contributed by atoms with E-state index in [0.717, 1.165) is 0 Å². The summed E-state index contributed by atoms with van der Waals surface area (Å²) in [6.07, 6.45) is 0. The molecule has 4 nitrogen and oxygen atoms in total. The molecule has 1 N–H and O–H groups in total. The van der Waals surface area contributed by atoms with Crippen LogP contribution >= 0.6 is 11.6 Å². The predicted molar refractivity (Wildman–Crippen MR) is 59.2 cm³/mol. The van der Waals surface area contributed by atoms with E-state index in [4.69, 9.17) is 21.1 Å². The first-order valence-electron chi connectivity index (χ1n) is 4.46. The van der Waals surface area contributed by atoms with Gasteiger partial charge in [-0.3, -0.25) is 4.79 Å². The highest BCUT2D eigenvalue weighted by Crippen LogP contribution is 2.22. The third-order valence-electron chi connectivity index (χ3n) is 2.15. The molecule has 5 heteroatoms. The van der Waals surface area contributed by atoms with E-state index < -0.39 is 5.97 Å². The van der Waals surface area contributed by atoms with E-state index in [9.17, 15) is 9.59 Å². The summed E-state index contributed by atoms with van der Waals surface area (Å²) in [6.45, 7) is 1.58. The highest BCUT2D eigenvalue weighted by Gasteiger charge is 2.14. The van der Waals surface area contributed by atoms with Crippen LogP contribution in [0.1, 0.15) is 16.1 Å². The molecule has 0 aliphatic heterocycles. The Morgan fingerprint density at radius 1 is 1.38 bits per heavy atom. The van der Waals surface area contributed by atoms with Crippen molar-refractivity contribution >= 4 is 28.5 Å². The molecule has 2 aromatic rings. The van der Waals surface area contributed by atoms with Crippen molar-refractivity contribution < 1.29 is 14.3 Å². The molecule has 1 aromatic carbocycles. The van der Waals surface area contributed by atoms with E-state index in [1.807, 2.05) is 0 Å². The molecular formula is C11H7ClO4. The topological polar surface area (TPSA) is 67.5 Å². The van der Waals surface area contributed by atoms with E-state index in [1.54, 1.807) is 6.92 Å². The lowest BCUT2D eigenvalue weighted by molar-refractivity contribution is 0.0697. The van der Waals surface area contributed by atoms with E-state index >= 15 is 0 Å². The van der Waals surface area contributed by atoms with Crippen LogP contribution in [0.5, 0.6) is 0 Å². The van der Waals surface area contributed by atoms with Crippen molar-refractivity contribution in [3.8, 4) is 0 Å². The van der Waals surface area contributed by atoms with E-state index in [0.29, 0.717) is 5.76 Å². The number of aromatic carboxylic acids is 1. The van der Waals surface area contributed by atoms with E-state index in [-0.39, 0.29) is 27.0 Å². The van der Waals surface area contributed by atoms with Gasteiger partial charge in [0.05, 0.1) is 5.39 Å². The van der Waals surface area contributed by atoms with Gasteiger partial charge in [-0.15, -0.1) is 0 Å². The zero-order chi connectivity index (χ0) is 11.9. The Kier molecular flexibility index (Phi) is 2.44. The van der Waals surface area contributed by atoms with Gasteiger partial charge < -0.3 is 9.52 Å². The maximum absolute atomic E-state index is 11.6. The summed E-state index contributed by atoms with van der Waals surface area (Å²) >= 11 is 5.74. The molecule has 0 amide bonds. The summed E-state index contributed by atoms with van der Waals surface area (Å²) < 4.78 is 5.25. The van der Waals surface area contributed by atoms with Gasteiger partial charge in [0.15, 0.2) is 11.0 Å². The second-order valence-corrected chi connectivity index (χ2v) is 3.79. The number of hydrogen-bond acceptors (Lipinski definition) is 3. The van der Waals surface area contributed by atoms with E-state index in [2.05, 4.69) is 0 Å². The van der Waals surface area contributed by atoms with Crippen molar-refractivity contribution in [1.82, 2.24) is 0 Å². The largest absolute Gasteiger partial charge is 0.478 e. The highest BCUT2D eigenvalue weighted by atomic mass is 35.5. The Hall–Kier alpha value is -1.81. The second kappa shape index (κ2) is 3.64. The van der Waals surface area contributed by atoms with Gasteiger partial charge in [0, 0.05) is 11.1 Å². The molecule has 0 saturated heterocycles. The normalized spacial score (nSPS) is 10.6. The number of fused-ring (bicyclic) bond motifs is 1. The molecule has 0 fully saturated rings. The van der Waals surface area contributed by atoms with Crippen LogP contribution in [-0.2, 0) is 0 Å². The Bertz CT molecular complexity index is 642. The number of carboxylic acids is 1. The van der Waals surface area contributed by atoms with Crippen LogP contribution in [0.15, 0.2) is 27.4 Å². The smallest absolute Gasteiger partial charge is 0.339 e. The lowest BCUT2D eigenvalue weighted by Crippen LogP contribution is -2.05. The lowest BCUT2D eigenvalue weighted by Gasteiger charge is -2.03. The average Bonchev–Trinajstić information content (AvgIpc) is 2.18. The van der Waals surface area contributed by atoms with Crippen molar-refractivity contribution in [1.29, 1.82) is 0 Å². The lowest BCUT2D eigenvalue weighted by atomic mass is 10.1. The number of carbonyl (C=O) groups is 1. The molecule has 1 aromatic heterocycles. The molecule has 0 spiro atoms. The zero-order valence-corrected chi connectivity index (χ0v) is 9.04. The fourth-order valence-corrected chi connectivity index (χ4v) is 1.72. The van der Waals surface area contributed by atoms with Crippen LogP contribution in [-0.4, -0.2) is 11.1 Å². The third-order valence-corrected chi connectivity index (χ3v) is 2.37. The van der Waals surface area contributed by atoms with Gasteiger partial charge in [0.1, 0.15) is 11.3 Å². The fraction of sp³-hybridized carbons (Fsp3) is 0.0909.